The minimum Gasteiger partial charge on any atom is -0.481 e. The molecular formula is C11H14N2O2. The molecule has 80 valence electrons. The number of ether oxygens (including phenoxy) is 1. The fourth-order valence-corrected chi connectivity index (χ4v) is 1.80. The molecule has 4 nitrogen and oxygen atoms in total. The molecule has 1 aliphatic heterocycles. The monoisotopic (exact) mass is 206 g/mol. The summed E-state index contributed by atoms with van der Waals surface area (Å²) >= 11 is 0. The van der Waals surface area contributed by atoms with E-state index < -0.39 is 0 Å². The number of rotatable bonds is 1. The van der Waals surface area contributed by atoms with Gasteiger partial charge in [0.05, 0.1) is 12.8 Å². The number of hydrogen-bond acceptors (Lipinski definition) is 3. The van der Waals surface area contributed by atoms with Gasteiger partial charge in [0.1, 0.15) is 0 Å². The van der Waals surface area contributed by atoms with E-state index in [-0.39, 0.29) is 5.91 Å². The average Bonchev–Trinajstić information content (AvgIpc) is 2.40. The maximum absolute atomic E-state index is 11.6. The van der Waals surface area contributed by atoms with E-state index in [1.807, 2.05) is 6.07 Å². The Labute approximate surface area is 88.9 Å². The number of aromatic nitrogens is 1. The second-order valence-electron chi connectivity index (χ2n) is 3.66. The van der Waals surface area contributed by atoms with Crippen molar-refractivity contribution in [1.29, 1.82) is 0 Å². The number of aryl methyl sites for hydroxylation is 1. The standard InChI is InChI=1S/C11H14N2O2/c1-13-9-6-10(15-2)12-7-8(9)4-3-5-11(13)14/h6-7H,3-5H2,1-2H3. The van der Waals surface area contributed by atoms with E-state index >= 15 is 0 Å². The van der Waals surface area contributed by atoms with Crippen molar-refractivity contribution in [2.45, 2.75) is 19.3 Å². The molecule has 0 unspecified atom stereocenters. The van der Waals surface area contributed by atoms with Crippen LogP contribution in [-0.2, 0) is 11.2 Å². The molecule has 0 bridgehead atoms. The molecule has 2 rings (SSSR count). The van der Waals surface area contributed by atoms with Gasteiger partial charge >= 0.3 is 0 Å². The summed E-state index contributed by atoms with van der Waals surface area (Å²) in [7, 11) is 3.37. The number of amides is 1. The lowest BCUT2D eigenvalue weighted by Gasteiger charge is -2.17. The molecule has 0 aliphatic carbocycles. The highest BCUT2D eigenvalue weighted by Crippen LogP contribution is 2.27. The lowest BCUT2D eigenvalue weighted by molar-refractivity contribution is -0.118. The van der Waals surface area contributed by atoms with Crippen molar-refractivity contribution in [1.82, 2.24) is 4.98 Å². The van der Waals surface area contributed by atoms with E-state index in [4.69, 9.17) is 4.74 Å². The van der Waals surface area contributed by atoms with Crippen molar-refractivity contribution >= 4 is 11.6 Å². The predicted molar refractivity (Wildman–Crippen MR) is 57.1 cm³/mol. The van der Waals surface area contributed by atoms with Gasteiger partial charge in [-0.1, -0.05) is 0 Å². The van der Waals surface area contributed by atoms with Crippen molar-refractivity contribution in [3.63, 3.8) is 0 Å². The van der Waals surface area contributed by atoms with E-state index in [0.29, 0.717) is 12.3 Å². The Morgan fingerprint density at radius 1 is 1.47 bits per heavy atom. The van der Waals surface area contributed by atoms with Crippen LogP contribution in [0.15, 0.2) is 12.3 Å². The molecule has 0 saturated carbocycles. The molecule has 1 aliphatic rings. The van der Waals surface area contributed by atoms with Gasteiger partial charge < -0.3 is 9.64 Å². The molecule has 1 aromatic rings. The maximum Gasteiger partial charge on any atom is 0.226 e. The minimum atomic E-state index is 0.155. The molecular weight excluding hydrogens is 192 g/mol. The minimum absolute atomic E-state index is 0.155. The van der Waals surface area contributed by atoms with Crippen LogP contribution >= 0.6 is 0 Å². The number of hydrogen-bond donors (Lipinski definition) is 0. The second kappa shape index (κ2) is 3.88. The zero-order chi connectivity index (χ0) is 10.8. The smallest absolute Gasteiger partial charge is 0.226 e. The molecule has 1 aromatic heterocycles. The topological polar surface area (TPSA) is 42.4 Å². The number of fused-ring (bicyclic) bond motifs is 1. The van der Waals surface area contributed by atoms with Crippen molar-refractivity contribution in [2.24, 2.45) is 0 Å². The zero-order valence-electron chi connectivity index (χ0n) is 8.99. The normalized spacial score (nSPS) is 15.9. The summed E-state index contributed by atoms with van der Waals surface area (Å²) in [6.07, 6.45) is 4.20. The molecule has 1 amide bonds. The van der Waals surface area contributed by atoms with Crippen LogP contribution < -0.4 is 9.64 Å². The quantitative estimate of drug-likeness (QED) is 0.697. The zero-order valence-corrected chi connectivity index (χ0v) is 8.99. The molecule has 0 aromatic carbocycles. The van der Waals surface area contributed by atoms with E-state index in [1.54, 1.807) is 25.3 Å². The number of carbonyl (C=O) groups excluding carboxylic acids is 1. The van der Waals surface area contributed by atoms with Crippen LogP contribution in [0.25, 0.3) is 0 Å². The third-order valence-corrected chi connectivity index (χ3v) is 2.72. The van der Waals surface area contributed by atoms with Gasteiger partial charge in [-0.15, -0.1) is 0 Å². The van der Waals surface area contributed by atoms with E-state index in [0.717, 1.165) is 24.1 Å². The Kier molecular flexibility index (Phi) is 2.58. The van der Waals surface area contributed by atoms with Crippen LogP contribution in [0.3, 0.4) is 0 Å². The lowest BCUT2D eigenvalue weighted by atomic mass is 10.1. The highest BCUT2D eigenvalue weighted by Gasteiger charge is 2.19. The third kappa shape index (κ3) is 1.79. The molecule has 0 saturated heterocycles. The summed E-state index contributed by atoms with van der Waals surface area (Å²) < 4.78 is 5.06. The highest BCUT2D eigenvalue weighted by atomic mass is 16.5. The van der Waals surface area contributed by atoms with Gasteiger partial charge in [0.2, 0.25) is 11.8 Å². The summed E-state index contributed by atoms with van der Waals surface area (Å²) in [6.45, 7) is 0. The Hall–Kier alpha value is -1.58. The summed E-state index contributed by atoms with van der Waals surface area (Å²) in [5, 5.41) is 0. The fourth-order valence-electron chi connectivity index (χ4n) is 1.80. The van der Waals surface area contributed by atoms with Crippen LogP contribution in [0.1, 0.15) is 18.4 Å². The first-order valence-electron chi connectivity index (χ1n) is 5.02. The number of methoxy groups -OCH3 is 1. The van der Waals surface area contributed by atoms with Gasteiger partial charge in [-0.2, -0.15) is 0 Å². The Morgan fingerprint density at radius 2 is 2.27 bits per heavy atom. The van der Waals surface area contributed by atoms with Crippen LogP contribution in [0.4, 0.5) is 5.69 Å². The Bertz CT molecular complexity index is 390. The van der Waals surface area contributed by atoms with Gasteiger partial charge in [-0.3, -0.25) is 4.79 Å². The molecule has 4 heteroatoms. The van der Waals surface area contributed by atoms with Crippen molar-refractivity contribution in [3.8, 4) is 5.88 Å². The molecule has 0 radical (unpaired) electrons. The molecule has 15 heavy (non-hydrogen) atoms. The van der Waals surface area contributed by atoms with Gasteiger partial charge in [0.25, 0.3) is 0 Å². The van der Waals surface area contributed by atoms with Crippen molar-refractivity contribution in [2.75, 3.05) is 19.1 Å². The predicted octanol–water partition coefficient (Wildman–Crippen LogP) is 1.39. The summed E-state index contributed by atoms with van der Waals surface area (Å²) in [5.74, 6) is 0.706. The second-order valence-corrected chi connectivity index (χ2v) is 3.66. The van der Waals surface area contributed by atoms with E-state index in [1.165, 1.54) is 0 Å². The Morgan fingerprint density at radius 3 is 3.00 bits per heavy atom. The molecule has 0 spiro atoms. The SMILES string of the molecule is COc1cc2c(cn1)CCCC(=O)N2C. The van der Waals surface area contributed by atoms with E-state index in [9.17, 15) is 4.79 Å². The first-order chi connectivity index (χ1) is 7.22. The number of anilines is 1. The van der Waals surface area contributed by atoms with Crippen LogP contribution in [-0.4, -0.2) is 25.0 Å². The average molecular weight is 206 g/mol. The van der Waals surface area contributed by atoms with Gasteiger partial charge in [-0.25, -0.2) is 4.98 Å². The molecule has 0 N–H and O–H groups in total. The number of nitrogens with zero attached hydrogens (tertiary/aromatic N) is 2. The van der Waals surface area contributed by atoms with E-state index in [2.05, 4.69) is 4.98 Å². The first kappa shape index (κ1) is 9.96. The summed E-state index contributed by atoms with van der Waals surface area (Å²) in [4.78, 5) is 17.5. The van der Waals surface area contributed by atoms with Gasteiger partial charge in [0.15, 0.2) is 0 Å². The number of pyridine rings is 1. The summed E-state index contributed by atoms with van der Waals surface area (Å²) in [5.41, 5.74) is 2.04. The highest BCUT2D eigenvalue weighted by molar-refractivity contribution is 5.94. The number of carbonyl (C=O) groups is 1. The molecule has 0 fully saturated rings. The lowest BCUT2D eigenvalue weighted by Crippen LogP contribution is -2.25. The fraction of sp³-hybridized carbons (Fsp3) is 0.455. The van der Waals surface area contributed by atoms with Crippen molar-refractivity contribution in [3.05, 3.63) is 17.8 Å². The first-order valence-corrected chi connectivity index (χ1v) is 5.02. The van der Waals surface area contributed by atoms with Crippen LogP contribution in [0.2, 0.25) is 0 Å². The molecule has 0 atom stereocenters. The van der Waals surface area contributed by atoms with Gasteiger partial charge in [0, 0.05) is 25.7 Å². The third-order valence-electron chi connectivity index (χ3n) is 2.72. The van der Waals surface area contributed by atoms with Crippen molar-refractivity contribution < 1.29 is 9.53 Å². The van der Waals surface area contributed by atoms with Crippen LogP contribution in [0.5, 0.6) is 5.88 Å². The van der Waals surface area contributed by atoms with Crippen LogP contribution in [0, 0.1) is 0 Å². The largest absolute Gasteiger partial charge is 0.481 e. The van der Waals surface area contributed by atoms with Gasteiger partial charge in [-0.05, 0) is 18.4 Å². The summed E-state index contributed by atoms with van der Waals surface area (Å²) in [6, 6.07) is 1.82. The molecule has 2 heterocycles. The maximum atomic E-state index is 11.6. The Balaban J connectivity index is 2.45.